The molecule has 0 aromatic heterocycles. The first-order valence-corrected chi connectivity index (χ1v) is 8.71. The lowest BCUT2D eigenvalue weighted by molar-refractivity contribution is 0.275. The summed E-state index contributed by atoms with van der Waals surface area (Å²) in [7, 11) is -1.04. The van der Waals surface area contributed by atoms with E-state index in [1.807, 2.05) is 0 Å². The van der Waals surface area contributed by atoms with Crippen LogP contribution >= 0.6 is 15.2 Å². The summed E-state index contributed by atoms with van der Waals surface area (Å²) < 4.78 is 43.6. The van der Waals surface area contributed by atoms with Crippen molar-refractivity contribution in [2.24, 2.45) is 0 Å². The van der Waals surface area contributed by atoms with Crippen LogP contribution in [0.4, 0.5) is 0 Å². The van der Waals surface area contributed by atoms with Crippen LogP contribution in [0.5, 0.6) is 0 Å². The Morgan fingerprint density at radius 1 is 0.842 bits per heavy atom. The van der Waals surface area contributed by atoms with E-state index in [4.69, 9.17) is 18.1 Å². The molecule has 1 aromatic rings. The standard InChI is InChI=1S/C11H18O6P2/c1-14-18(12,15-2)9-10-5-7-11(8-6-10)19(13,16-3)17-4/h5-8H,9H2,1-4H3. The molecule has 0 saturated heterocycles. The lowest BCUT2D eigenvalue weighted by Gasteiger charge is -2.15. The van der Waals surface area contributed by atoms with E-state index in [1.54, 1.807) is 24.3 Å². The summed E-state index contributed by atoms with van der Waals surface area (Å²) in [6, 6.07) is 6.59. The van der Waals surface area contributed by atoms with Gasteiger partial charge in [-0.2, -0.15) is 0 Å². The van der Waals surface area contributed by atoms with Gasteiger partial charge in [0.1, 0.15) is 0 Å². The highest BCUT2D eigenvalue weighted by Gasteiger charge is 2.25. The van der Waals surface area contributed by atoms with Gasteiger partial charge < -0.3 is 18.1 Å². The van der Waals surface area contributed by atoms with E-state index >= 15 is 0 Å². The molecule has 0 amide bonds. The van der Waals surface area contributed by atoms with Gasteiger partial charge in [-0.3, -0.25) is 9.13 Å². The van der Waals surface area contributed by atoms with Crippen LogP contribution in [0.1, 0.15) is 5.56 Å². The molecule has 8 heteroatoms. The SMILES string of the molecule is COP(=O)(Cc1ccc(P(=O)(OC)OC)cc1)OC. The number of rotatable bonds is 7. The van der Waals surface area contributed by atoms with E-state index in [-0.39, 0.29) is 6.16 Å². The van der Waals surface area contributed by atoms with Crippen molar-refractivity contribution >= 4 is 20.5 Å². The molecule has 0 aliphatic rings. The molecule has 0 radical (unpaired) electrons. The van der Waals surface area contributed by atoms with Gasteiger partial charge in [-0.15, -0.1) is 0 Å². The third-order valence-electron chi connectivity index (χ3n) is 2.67. The molecule has 0 aliphatic carbocycles. The lowest BCUT2D eigenvalue weighted by Crippen LogP contribution is -2.07. The summed E-state index contributed by atoms with van der Waals surface area (Å²) in [5.74, 6) is 0. The van der Waals surface area contributed by atoms with E-state index in [9.17, 15) is 9.13 Å². The van der Waals surface area contributed by atoms with Crippen LogP contribution in [-0.2, 0) is 33.4 Å². The van der Waals surface area contributed by atoms with Crippen LogP contribution in [0.15, 0.2) is 24.3 Å². The topological polar surface area (TPSA) is 71.1 Å². The molecule has 0 aliphatic heterocycles. The summed E-state index contributed by atoms with van der Waals surface area (Å²) in [5.41, 5.74) is 0.745. The predicted octanol–water partition coefficient (Wildman–Crippen LogP) is 2.78. The molecule has 0 N–H and O–H groups in total. The van der Waals surface area contributed by atoms with E-state index in [1.165, 1.54) is 28.4 Å². The fraction of sp³-hybridized carbons (Fsp3) is 0.455. The van der Waals surface area contributed by atoms with E-state index in [0.717, 1.165) is 5.56 Å². The summed E-state index contributed by atoms with van der Waals surface area (Å²) in [4.78, 5) is 0. The zero-order valence-corrected chi connectivity index (χ0v) is 13.1. The Bertz CT molecular complexity index is 482. The average molecular weight is 308 g/mol. The van der Waals surface area contributed by atoms with E-state index < -0.39 is 15.2 Å². The normalized spacial score (nSPS) is 12.6. The van der Waals surface area contributed by atoms with Gasteiger partial charge in [0.15, 0.2) is 0 Å². The van der Waals surface area contributed by atoms with Crippen LogP contribution in [0.3, 0.4) is 0 Å². The Morgan fingerprint density at radius 3 is 1.68 bits per heavy atom. The third-order valence-corrected chi connectivity index (χ3v) is 6.42. The lowest BCUT2D eigenvalue weighted by atomic mass is 10.2. The molecule has 6 nitrogen and oxygen atoms in total. The summed E-state index contributed by atoms with van der Waals surface area (Å²) >= 11 is 0. The predicted molar refractivity (Wildman–Crippen MR) is 73.0 cm³/mol. The highest BCUT2D eigenvalue weighted by molar-refractivity contribution is 7.62. The largest absolute Gasteiger partial charge is 0.360 e. The molecule has 0 heterocycles. The van der Waals surface area contributed by atoms with Crippen molar-refractivity contribution in [2.75, 3.05) is 28.4 Å². The summed E-state index contributed by atoms with van der Waals surface area (Å²) in [6.07, 6.45) is 0.143. The second-order valence-corrected chi connectivity index (χ2v) is 8.17. The Labute approximate surface area is 113 Å². The fourth-order valence-corrected chi connectivity index (χ4v) is 3.65. The van der Waals surface area contributed by atoms with Gasteiger partial charge in [0.25, 0.3) is 0 Å². The average Bonchev–Trinajstić information content (AvgIpc) is 2.47. The number of benzene rings is 1. The van der Waals surface area contributed by atoms with E-state index in [2.05, 4.69) is 0 Å². The maximum Gasteiger partial charge on any atom is 0.360 e. The van der Waals surface area contributed by atoms with Crippen LogP contribution < -0.4 is 5.30 Å². The van der Waals surface area contributed by atoms with Crippen molar-refractivity contribution in [1.82, 2.24) is 0 Å². The van der Waals surface area contributed by atoms with Crippen molar-refractivity contribution in [1.29, 1.82) is 0 Å². The molecule has 0 saturated carbocycles. The second-order valence-electron chi connectivity index (χ2n) is 3.66. The van der Waals surface area contributed by atoms with Crippen LogP contribution in [0, 0.1) is 0 Å². The zero-order chi connectivity index (χ0) is 14.5. The first kappa shape index (κ1) is 16.6. The molecule has 108 valence electrons. The maximum atomic E-state index is 12.1. The van der Waals surface area contributed by atoms with Crippen molar-refractivity contribution in [2.45, 2.75) is 6.16 Å². The first-order chi connectivity index (χ1) is 8.93. The van der Waals surface area contributed by atoms with Crippen molar-refractivity contribution in [3.8, 4) is 0 Å². The quantitative estimate of drug-likeness (QED) is 0.721. The Hall–Kier alpha value is -0.480. The van der Waals surface area contributed by atoms with Crippen LogP contribution in [0.2, 0.25) is 0 Å². The first-order valence-electron chi connectivity index (χ1n) is 5.44. The molecule has 0 fully saturated rings. The molecule has 1 aromatic carbocycles. The molecule has 19 heavy (non-hydrogen) atoms. The van der Waals surface area contributed by atoms with Gasteiger partial charge in [-0.05, 0) is 17.7 Å². The van der Waals surface area contributed by atoms with Gasteiger partial charge >= 0.3 is 15.2 Å². The summed E-state index contributed by atoms with van der Waals surface area (Å²) in [5, 5.41) is 0.436. The van der Waals surface area contributed by atoms with Crippen molar-refractivity contribution < 1.29 is 27.2 Å². The van der Waals surface area contributed by atoms with Crippen molar-refractivity contribution in [3.63, 3.8) is 0 Å². The van der Waals surface area contributed by atoms with Crippen LogP contribution in [0.25, 0.3) is 0 Å². The Morgan fingerprint density at radius 2 is 1.32 bits per heavy atom. The van der Waals surface area contributed by atoms with Gasteiger partial charge in [-0.25, -0.2) is 0 Å². The third kappa shape index (κ3) is 3.99. The minimum atomic E-state index is -3.25. The molecule has 0 atom stereocenters. The molecular formula is C11H18O6P2. The molecule has 1 rings (SSSR count). The number of hydrogen-bond donors (Lipinski definition) is 0. The Kier molecular flexibility index (Phi) is 5.93. The smallest absolute Gasteiger partial charge is 0.312 e. The zero-order valence-electron chi connectivity index (χ0n) is 11.4. The maximum absolute atomic E-state index is 12.1. The highest BCUT2D eigenvalue weighted by atomic mass is 31.2. The van der Waals surface area contributed by atoms with Gasteiger partial charge in [0.2, 0.25) is 0 Å². The molecular weight excluding hydrogens is 290 g/mol. The molecule has 0 bridgehead atoms. The van der Waals surface area contributed by atoms with Gasteiger partial charge in [-0.1, -0.05) is 12.1 Å². The minimum Gasteiger partial charge on any atom is -0.312 e. The van der Waals surface area contributed by atoms with Crippen molar-refractivity contribution in [3.05, 3.63) is 29.8 Å². The second kappa shape index (κ2) is 6.80. The summed E-state index contributed by atoms with van der Waals surface area (Å²) in [6.45, 7) is 0. The monoisotopic (exact) mass is 308 g/mol. The van der Waals surface area contributed by atoms with Gasteiger partial charge in [0.05, 0.1) is 11.5 Å². The van der Waals surface area contributed by atoms with Crippen LogP contribution in [-0.4, -0.2) is 28.4 Å². The fourth-order valence-electron chi connectivity index (χ4n) is 1.50. The highest BCUT2D eigenvalue weighted by Crippen LogP contribution is 2.50. The van der Waals surface area contributed by atoms with E-state index in [0.29, 0.717) is 5.30 Å². The Balaban J connectivity index is 2.94. The molecule has 0 unspecified atom stereocenters. The number of hydrogen-bond acceptors (Lipinski definition) is 6. The minimum absolute atomic E-state index is 0.143. The van der Waals surface area contributed by atoms with Gasteiger partial charge in [0, 0.05) is 28.4 Å². The molecule has 0 spiro atoms.